The average Bonchev–Trinajstić information content (AvgIpc) is 1.50. The van der Waals surface area contributed by atoms with Gasteiger partial charge in [-0.05, 0) is 0 Å². The molecule has 30 valence electrons. The molecule has 0 spiro atoms. The summed E-state index contributed by atoms with van der Waals surface area (Å²) in [6, 6.07) is 0. The quantitative estimate of drug-likeness (QED) is 0.309. The third kappa shape index (κ3) is 57.9. The molecule has 0 unspecified atom stereocenters. The van der Waals surface area contributed by atoms with E-state index in [1.54, 1.807) is 0 Å². The molecule has 0 aromatic rings. The molecule has 0 atom stereocenters. The maximum atomic E-state index is 3.00. The molecule has 7 heavy (non-hydrogen) atoms. The van der Waals surface area contributed by atoms with Crippen LogP contribution in [-0.4, -0.2) is 88.7 Å². The van der Waals surface area contributed by atoms with E-state index in [0.717, 1.165) is 0 Å². The Bertz CT molecular complexity index is 8.90. The Balaban J connectivity index is -0.00000000267. The number of hydrogen-bond donors (Lipinski definition) is 0. The molecule has 0 aliphatic carbocycles. The number of hydrogen-bond acceptors (Lipinski definition) is 0. The SMILES string of the molecule is C=C.C=C.[NaH].[NaH].[NaH]. The molecule has 0 aliphatic heterocycles. The van der Waals surface area contributed by atoms with E-state index in [1.165, 1.54) is 0 Å². The van der Waals surface area contributed by atoms with Crippen LogP contribution in [-0.2, 0) is 0 Å². The van der Waals surface area contributed by atoms with Crippen molar-refractivity contribution in [1.29, 1.82) is 0 Å². The summed E-state index contributed by atoms with van der Waals surface area (Å²) < 4.78 is 0. The Hall–Kier alpha value is 2.48. The predicted molar refractivity (Wildman–Crippen MR) is 44.0 cm³/mol. The summed E-state index contributed by atoms with van der Waals surface area (Å²) in [6.07, 6.45) is 0. The third-order valence-corrected chi connectivity index (χ3v) is 0. The fourth-order valence-corrected chi connectivity index (χ4v) is 0. The number of rotatable bonds is 0. The van der Waals surface area contributed by atoms with Crippen LogP contribution in [0, 0.1) is 0 Å². The summed E-state index contributed by atoms with van der Waals surface area (Å²) in [5, 5.41) is 0. The van der Waals surface area contributed by atoms with Gasteiger partial charge in [0, 0.05) is 0 Å². The summed E-state index contributed by atoms with van der Waals surface area (Å²) in [5.74, 6) is 0. The molecule has 0 bridgehead atoms. The van der Waals surface area contributed by atoms with Crippen molar-refractivity contribution in [1.82, 2.24) is 0 Å². The van der Waals surface area contributed by atoms with Crippen molar-refractivity contribution in [2.75, 3.05) is 0 Å². The van der Waals surface area contributed by atoms with Gasteiger partial charge in [0.15, 0.2) is 0 Å². The molecule has 0 saturated carbocycles. The third-order valence-electron chi connectivity index (χ3n) is 0. The molecule has 0 fully saturated rings. The minimum absolute atomic E-state index is 0. The fourth-order valence-electron chi connectivity index (χ4n) is 0. The van der Waals surface area contributed by atoms with Gasteiger partial charge in [0.25, 0.3) is 0 Å². The van der Waals surface area contributed by atoms with E-state index >= 15 is 0 Å². The van der Waals surface area contributed by atoms with Crippen molar-refractivity contribution in [3.05, 3.63) is 26.3 Å². The Morgan fingerprint density at radius 1 is 0.429 bits per heavy atom. The predicted octanol–water partition coefficient (Wildman–Crippen LogP) is -0.341. The van der Waals surface area contributed by atoms with Crippen LogP contribution >= 0.6 is 0 Å². The normalized spacial score (nSPS) is 1.14. The van der Waals surface area contributed by atoms with Crippen molar-refractivity contribution in [2.45, 2.75) is 0 Å². The first kappa shape index (κ1) is 34.0. The van der Waals surface area contributed by atoms with E-state index in [0.29, 0.717) is 0 Å². The summed E-state index contributed by atoms with van der Waals surface area (Å²) in [7, 11) is 0. The van der Waals surface area contributed by atoms with Crippen LogP contribution in [0.3, 0.4) is 0 Å². The molecule has 0 saturated heterocycles. The topological polar surface area (TPSA) is 0 Å². The van der Waals surface area contributed by atoms with Gasteiger partial charge >= 0.3 is 88.7 Å². The average molecular weight is 128 g/mol. The van der Waals surface area contributed by atoms with Crippen LogP contribution in [0.4, 0.5) is 0 Å². The van der Waals surface area contributed by atoms with Crippen LogP contribution in [0.2, 0.25) is 0 Å². The summed E-state index contributed by atoms with van der Waals surface area (Å²) in [5.41, 5.74) is 0. The zero-order chi connectivity index (χ0) is 4.00. The standard InChI is InChI=1S/2C2H4.3Na.3H/c2*1-2;;;;;;/h2*1-2H2;;;;;;. The van der Waals surface area contributed by atoms with Gasteiger partial charge in [-0.2, -0.15) is 0 Å². The zero-order valence-electron chi connectivity index (χ0n) is 2.83. The van der Waals surface area contributed by atoms with Crippen LogP contribution in [0.5, 0.6) is 0 Å². The molecule has 0 heterocycles. The van der Waals surface area contributed by atoms with Crippen LogP contribution in [0.15, 0.2) is 26.3 Å². The van der Waals surface area contributed by atoms with Crippen molar-refractivity contribution in [2.24, 2.45) is 0 Å². The van der Waals surface area contributed by atoms with Gasteiger partial charge in [0.2, 0.25) is 0 Å². The molecule has 0 aromatic carbocycles. The molecule has 3 heteroatoms. The first-order valence-corrected chi connectivity index (χ1v) is 1.000. The van der Waals surface area contributed by atoms with E-state index < -0.39 is 0 Å². The van der Waals surface area contributed by atoms with E-state index in [-0.39, 0.29) is 88.7 Å². The van der Waals surface area contributed by atoms with E-state index in [1.807, 2.05) is 0 Å². The van der Waals surface area contributed by atoms with E-state index in [9.17, 15) is 0 Å². The Morgan fingerprint density at radius 2 is 0.429 bits per heavy atom. The second-order valence-corrected chi connectivity index (χ2v) is 0. The second kappa shape index (κ2) is 77.1. The van der Waals surface area contributed by atoms with Gasteiger partial charge in [0.05, 0.1) is 0 Å². The van der Waals surface area contributed by atoms with Gasteiger partial charge in [-0.25, -0.2) is 0 Å². The Labute approximate surface area is 113 Å². The van der Waals surface area contributed by atoms with E-state index in [2.05, 4.69) is 26.3 Å². The molecule has 0 aromatic heterocycles. The van der Waals surface area contributed by atoms with Gasteiger partial charge in [-0.1, -0.05) is 0 Å². The monoisotopic (exact) mass is 128 g/mol. The van der Waals surface area contributed by atoms with Crippen molar-refractivity contribution >= 4 is 88.7 Å². The van der Waals surface area contributed by atoms with Gasteiger partial charge in [-0.15, -0.1) is 26.3 Å². The molecule has 0 aliphatic rings. The summed E-state index contributed by atoms with van der Waals surface area (Å²) in [4.78, 5) is 0. The molecular formula is C4H11Na3. The first-order valence-electron chi connectivity index (χ1n) is 1.000. The Kier molecular flexibility index (Phi) is 374. The van der Waals surface area contributed by atoms with Crippen LogP contribution in [0.1, 0.15) is 0 Å². The molecular weight excluding hydrogens is 117 g/mol. The minimum atomic E-state index is 0. The molecule has 0 amide bonds. The molecule has 0 radical (unpaired) electrons. The van der Waals surface area contributed by atoms with Crippen molar-refractivity contribution < 1.29 is 0 Å². The molecule has 0 nitrogen and oxygen atoms in total. The summed E-state index contributed by atoms with van der Waals surface area (Å²) in [6.45, 7) is 12.0. The van der Waals surface area contributed by atoms with Gasteiger partial charge in [-0.3, -0.25) is 0 Å². The molecule has 0 rings (SSSR count). The van der Waals surface area contributed by atoms with Gasteiger partial charge < -0.3 is 0 Å². The summed E-state index contributed by atoms with van der Waals surface area (Å²) >= 11 is 0. The zero-order valence-corrected chi connectivity index (χ0v) is 2.83. The molecule has 0 N–H and O–H groups in total. The second-order valence-electron chi connectivity index (χ2n) is 0. The maximum absolute atomic E-state index is 3.00. The van der Waals surface area contributed by atoms with Crippen molar-refractivity contribution in [3.8, 4) is 0 Å². The van der Waals surface area contributed by atoms with Crippen molar-refractivity contribution in [3.63, 3.8) is 0 Å². The first-order chi connectivity index (χ1) is 2.00. The van der Waals surface area contributed by atoms with Crippen LogP contribution < -0.4 is 0 Å². The van der Waals surface area contributed by atoms with Gasteiger partial charge in [0.1, 0.15) is 0 Å². The van der Waals surface area contributed by atoms with Crippen LogP contribution in [0.25, 0.3) is 0 Å². The Morgan fingerprint density at radius 3 is 0.429 bits per heavy atom. The van der Waals surface area contributed by atoms with E-state index in [4.69, 9.17) is 0 Å². The fraction of sp³-hybridized carbons (Fsp3) is 0.